The Bertz CT molecular complexity index is 355. The maximum atomic E-state index is 5.71. The lowest BCUT2D eigenvalue weighted by atomic mass is 9.73. The minimum absolute atomic E-state index is 0.345. The fourth-order valence-corrected chi connectivity index (χ4v) is 2.63. The lowest BCUT2D eigenvalue weighted by Gasteiger charge is -2.33. The summed E-state index contributed by atoms with van der Waals surface area (Å²) in [6.07, 6.45) is 2.22. The van der Waals surface area contributed by atoms with E-state index in [4.69, 9.17) is 4.42 Å². The zero-order chi connectivity index (χ0) is 11.1. The maximum absolute atomic E-state index is 5.71. The second-order valence-electron chi connectivity index (χ2n) is 5.34. The third-order valence-corrected chi connectivity index (χ3v) is 3.10. The molecule has 0 radical (unpaired) electrons. The summed E-state index contributed by atoms with van der Waals surface area (Å²) in [5, 5.41) is 3.24. The van der Waals surface area contributed by atoms with Gasteiger partial charge in [0.05, 0.1) is 5.69 Å². The molecule has 1 aliphatic rings. The lowest BCUT2D eigenvalue weighted by Crippen LogP contribution is -2.30. The van der Waals surface area contributed by atoms with Crippen molar-refractivity contribution in [3.63, 3.8) is 0 Å². The first-order chi connectivity index (χ1) is 7.02. The summed E-state index contributed by atoms with van der Waals surface area (Å²) in [6, 6.07) is 0. The Morgan fingerprint density at radius 2 is 2.27 bits per heavy atom. The summed E-state index contributed by atoms with van der Waals surface area (Å²) in [5.74, 6) is 2.40. The monoisotopic (exact) mass is 208 g/mol. The Morgan fingerprint density at radius 3 is 2.93 bits per heavy atom. The van der Waals surface area contributed by atoms with Crippen LogP contribution in [0.15, 0.2) is 4.42 Å². The Hall–Kier alpha value is -0.830. The molecule has 0 fully saturated rings. The zero-order valence-corrected chi connectivity index (χ0v) is 10.1. The fourth-order valence-electron chi connectivity index (χ4n) is 2.63. The molecule has 0 spiro atoms. The number of hydrogen-bond donors (Lipinski definition) is 1. The van der Waals surface area contributed by atoms with Gasteiger partial charge in [0, 0.05) is 19.4 Å². The molecule has 3 nitrogen and oxygen atoms in total. The van der Waals surface area contributed by atoms with Crippen LogP contribution in [0.4, 0.5) is 0 Å². The summed E-state index contributed by atoms with van der Waals surface area (Å²) < 4.78 is 5.71. The van der Waals surface area contributed by atoms with Crippen LogP contribution in [0.3, 0.4) is 0 Å². The molecule has 1 N–H and O–H groups in total. The molecule has 0 aromatic carbocycles. The molecule has 1 aromatic rings. The first-order valence-electron chi connectivity index (χ1n) is 5.62. The molecule has 0 aliphatic heterocycles. The highest BCUT2D eigenvalue weighted by Crippen LogP contribution is 2.41. The summed E-state index contributed by atoms with van der Waals surface area (Å²) in [4.78, 5) is 4.48. The van der Waals surface area contributed by atoms with E-state index in [2.05, 4.69) is 24.1 Å². The molecule has 3 heteroatoms. The average Bonchev–Trinajstić information content (AvgIpc) is 2.44. The maximum Gasteiger partial charge on any atom is 0.191 e. The molecule has 0 amide bonds. The van der Waals surface area contributed by atoms with Crippen LogP contribution in [0.25, 0.3) is 0 Å². The highest BCUT2D eigenvalue weighted by molar-refractivity contribution is 5.21. The van der Waals surface area contributed by atoms with Crippen LogP contribution in [0, 0.1) is 12.3 Å². The Labute approximate surface area is 91.3 Å². The van der Waals surface area contributed by atoms with E-state index in [1.807, 2.05) is 14.0 Å². The molecule has 0 bridgehead atoms. The Kier molecular flexibility index (Phi) is 2.59. The van der Waals surface area contributed by atoms with Crippen molar-refractivity contribution in [1.29, 1.82) is 0 Å². The molecule has 1 heterocycles. The number of aromatic nitrogens is 1. The van der Waals surface area contributed by atoms with Crippen LogP contribution in [0.2, 0.25) is 0 Å². The number of rotatable bonds is 2. The van der Waals surface area contributed by atoms with Crippen LogP contribution < -0.4 is 5.32 Å². The van der Waals surface area contributed by atoms with Crippen molar-refractivity contribution in [2.45, 2.75) is 39.5 Å². The third kappa shape index (κ3) is 2.07. The van der Waals surface area contributed by atoms with Crippen molar-refractivity contribution in [1.82, 2.24) is 10.3 Å². The number of aryl methyl sites for hydroxylation is 1. The van der Waals surface area contributed by atoms with Gasteiger partial charge in [0.15, 0.2) is 5.89 Å². The molecule has 0 saturated heterocycles. The van der Waals surface area contributed by atoms with E-state index in [9.17, 15) is 0 Å². The van der Waals surface area contributed by atoms with Crippen molar-refractivity contribution < 1.29 is 4.42 Å². The van der Waals surface area contributed by atoms with Gasteiger partial charge in [0.1, 0.15) is 5.76 Å². The predicted molar refractivity (Wildman–Crippen MR) is 60.0 cm³/mol. The quantitative estimate of drug-likeness (QED) is 0.810. The van der Waals surface area contributed by atoms with Crippen molar-refractivity contribution >= 4 is 0 Å². The van der Waals surface area contributed by atoms with Gasteiger partial charge in [0.2, 0.25) is 0 Å². The van der Waals surface area contributed by atoms with E-state index < -0.39 is 0 Å². The molecule has 1 aliphatic carbocycles. The van der Waals surface area contributed by atoms with Crippen LogP contribution in [-0.2, 0) is 6.42 Å². The summed E-state index contributed by atoms with van der Waals surface area (Å²) in [7, 11) is 1.99. The van der Waals surface area contributed by atoms with Crippen molar-refractivity contribution in [2.75, 3.05) is 13.6 Å². The molecule has 15 heavy (non-hydrogen) atoms. The molecule has 2 rings (SSSR count). The van der Waals surface area contributed by atoms with Gasteiger partial charge in [-0.05, 0) is 25.3 Å². The number of oxazole rings is 1. The number of nitrogens with one attached hydrogen (secondary N) is 1. The zero-order valence-electron chi connectivity index (χ0n) is 10.1. The number of nitrogens with zero attached hydrogens (tertiary/aromatic N) is 1. The molecule has 1 atom stereocenters. The Morgan fingerprint density at radius 1 is 1.53 bits per heavy atom. The standard InChI is InChI=1S/C12H20N2O/c1-8-14-10-6-12(2,3)5-9(7-13-4)11(10)15-8/h9,13H,5-7H2,1-4H3. The minimum Gasteiger partial charge on any atom is -0.445 e. The highest BCUT2D eigenvalue weighted by atomic mass is 16.4. The molecule has 0 saturated carbocycles. The van der Waals surface area contributed by atoms with E-state index in [0.717, 1.165) is 24.6 Å². The fraction of sp³-hybridized carbons (Fsp3) is 0.750. The Balaban J connectivity index is 2.33. The van der Waals surface area contributed by atoms with Crippen molar-refractivity contribution in [3.8, 4) is 0 Å². The molecular formula is C12H20N2O. The van der Waals surface area contributed by atoms with Crippen molar-refractivity contribution in [3.05, 3.63) is 17.3 Å². The van der Waals surface area contributed by atoms with E-state index >= 15 is 0 Å². The average molecular weight is 208 g/mol. The molecule has 84 valence electrons. The van der Waals surface area contributed by atoms with Crippen LogP contribution in [0.1, 0.15) is 43.5 Å². The smallest absolute Gasteiger partial charge is 0.191 e. The normalized spacial score (nSPS) is 23.9. The van der Waals surface area contributed by atoms with Gasteiger partial charge in [0.25, 0.3) is 0 Å². The highest BCUT2D eigenvalue weighted by Gasteiger charge is 2.35. The van der Waals surface area contributed by atoms with Gasteiger partial charge in [-0.15, -0.1) is 0 Å². The first kappa shape index (κ1) is 10.7. The summed E-state index contributed by atoms with van der Waals surface area (Å²) in [5.41, 5.74) is 1.52. The lowest BCUT2D eigenvalue weighted by molar-refractivity contribution is 0.251. The SMILES string of the molecule is CNCC1CC(C)(C)Cc2nc(C)oc21. The topological polar surface area (TPSA) is 38.1 Å². The van der Waals surface area contributed by atoms with Crippen LogP contribution >= 0.6 is 0 Å². The van der Waals surface area contributed by atoms with Gasteiger partial charge in [-0.3, -0.25) is 0 Å². The second kappa shape index (κ2) is 3.63. The molecule has 1 aromatic heterocycles. The van der Waals surface area contributed by atoms with E-state index in [0.29, 0.717) is 11.3 Å². The largest absolute Gasteiger partial charge is 0.445 e. The summed E-state index contributed by atoms with van der Waals surface area (Å²) >= 11 is 0. The van der Waals surface area contributed by atoms with Gasteiger partial charge < -0.3 is 9.73 Å². The van der Waals surface area contributed by atoms with Gasteiger partial charge in [-0.2, -0.15) is 0 Å². The van der Waals surface area contributed by atoms with Crippen LogP contribution in [0.5, 0.6) is 0 Å². The number of fused-ring (bicyclic) bond motifs is 1. The minimum atomic E-state index is 0.345. The van der Waals surface area contributed by atoms with E-state index in [1.54, 1.807) is 0 Å². The van der Waals surface area contributed by atoms with E-state index in [-0.39, 0.29) is 0 Å². The number of likely N-dealkylation sites (N-methyl/N-ethyl adjacent to an activating group) is 1. The predicted octanol–water partition coefficient (Wildman–Crippen LogP) is 2.26. The number of hydrogen-bond acceptors (Lipinski definition) is 3. The third-order valence-electron chi connectivity index (χ3n) is 3.10. The van der Waals surface area contributed by atoms with Gasteiger partial charge in [-0.1, -0.05) is 13.8 Å². The van der Waals surface area contributed by atoms with Gasteiger partial charge >= 0.3 is 0 Å². The van der Waals surface area contributed by atoms with Crippen LogP contribution in [-0.4, -0.2) is 18.6 Å². The molecular weight excluding hydrogens is 188 g/mol. The summed E-state index contributed by atoms with van der Waals surface area (Å²) in [6.45, 7) is 7.53. The van der Waals surface area contributed by atoms with Gasteiger partial charge in [-0.25, -0.2) is 4.98 Å². The van der Waals surface area contributed by atoms with E-state index in [1.165, 1.54) is 12.1 Å². The molecule has 1 unspecified atom stereocenters. The first-order valence-corrected chi connectivity index (χ1v) is 5.62. The van der Waals surface area contributed by atoms with Crippen molar-refractivity contribution in [2.24, 2.45) is 5.41 Å². The second-order valence-corrected chi connectivity index (χ2v) is 5.34.